The summed E-state index contributed by atoms with van der Waals surface area (Å²) in [5.41, 5.74) is 1.63. The minimum Gasteiger partial charge on any atom is -0.481 e. The van der Waals surface area contributed by atoms with Crippen molar-refractivity contribution in [3.8, 4) is 5.88 Å². The number of pyridine rings is 1. The average Bonchev–Trinajstić information content (AvgIpc) is 2.43. The first-order chi connectivity index (χ1) is 8.74. The van der Waals surface area contributed by atoms with Crippen molar-refractivity contribution in [2.75, 3.05) is 14.2 Å². The zero-order valence-corrected chi connectivity index (χ0v) is 10.2. The third-order valence-electron chi connectivity index (χ3n) is 2.54. The molecule has 1 heterocycles. The van der Waals surface area contributed by atoms with E-state index in [1.165, 1.54) is 13.2 Å². The third-order valence-corrected chi connectivity index (χ3v) is 2.54. The van der Waals surface area contributed by atoms with Gasteiger partial charge in [0.05, 0.1) is 19.7 Å². The largest absolute Gasteiger partial charge is 0.481 e. The van der Waals surface area contributed by atoms with Gasteiger partial charge in [-0.15, -0.1) is 0 Å². The van der Waals surface area contributed by atoms with E-state index in [0.29, 0.717) is 5.88 Å². The summed E-state index contributed by atoms with van der Waals surface area (Å²) >= 11 is 0. The fourth-order valence-electron chi connectivity index (χ4n) is 1.63. The van der Waals surface area contributed by atoms with Crippen molar-refractivity contribution in [3.05, 3.63) is 42.0 Å². The minimum absolute atomic E-state index is 0.394. The SMILES string of the molecule is COC(=O)C=Cc1cccc2ccc(OC)nc12. The molecule has 0 atom stereocenters. The topological polar surface area (TPSA) is 48.4 Å². The molecule has 18 heavy (non-hydrogen) atoms. The Morgan fingerprint density at radius 3 is 2.78 bits per heavy atom. The van der Waals surface area contributed by atoms with E-state index in [1.807, 2.05) is 24.3 Å². The molecule has 0 fully saturated rings. The van der Waals surface area contributed by atoms with Gasteiger partial charge in [0, 0.05) is 23.1 Å². The fourth-order valence-corrected chi connectivity index (χ4v) is 1.63. The van der Waals surface area contributed by atoms with Crippen molar-refractivity contribution in [1.82, 2.24) is 4.98 Å². The number of hydrogen-bond donors (Lipinski definition) is 0. The van der Waals surface area contributed by atoms with Crippen LogP contribution in [0.15, 0.2) is 36.4 Å². The second-order valence-electron chi connectivity index (χ2n) is 3.63. The number of para-hydroxylation sites is 1. The van der Waals surface area contributed by atoms with Gasteiger partial charge in [0.15, 0.2) is 0 Å². The van der Waals surface area contributed by atoms with E-state index in [9.17, 15) is 4.79 Å². The molecule has 0 saturated heterocycles. The molecule has 92 valence electrons. The number of hydrogen-bond acceptors (Lipinski definition) is 4. The van der Waals surface area contributed by atoms with Gasteiger partial charge in [0.2, 0.25) is 5.88 Å². The molecule has 0 N–H and O–H groups in total. The van der Waals surface area contributed by atoms with E-state index >= 15 is 0 Å². The van der Waals surface area contributed by atoms with Crippen LogP contribution in [0, 0.1) is 0 Å². The highest BCUT2D eigenvalue weighted by Gasteiger charge is 2.02. The lowest BCUT2D eigenvalue weighted by molar-refractivity contribution is -0.134. The number of ether oxygens (including phenoxy) is 2. The summed E-state index contributed by atoms with van der Waals surface area (Å²) in [6.45, 7) is 0. The number of fused-ring (bicyclic) bond motifs is 1. The van der Waals surface area contributed by atoms with Crippen LogP contribution in [0.5, 0.6) is 5.88 Å². The van der Waals surface area contributed by atoms with Crippen LogP contribution in [0.4, 0.5) is 0 Å². The van der Waals surface area contributed by atoms with Crippen LogP contribution >= 0.6 is 0 Å². The lowest BCUT2D eigenvalue weighted by Gasteiger charge is -2.04. The molecule has 2 aromatic rings. The van der Waals surface area contributed by atoms with Crippen molar-refractivity contribution >= 4 is 22.9 Å². The van der Waals surface area contributed by atoms with Gasteiger partial charge >= 0.3 is 5.97 Å². The van der Waals surface area contributed by atoms with Crippen LogP contribution in [0.1, 0.15) is 5.56 Å². The number of carbonyl (C=O) groups is 1. The van der Waals surface area contributed by atoms with Gasteiger partial charge in [-0.25, -0.2) is 9.78 Å². The fraction of sp³-hybridized carbons (Fsp3) is 0.143. The molecule has 0 aliphatic rings. The second kappa shape index (κ2) is 5.31. The van der Waals surface area contributed by atoms with Crippen LogP contribution in [0.2, 0.25) is 0 Å². The standard InChI is InChI=1S/C14H13NO3/c1-17-12-8-6-10-4-3-5-11(14(10)15-12)7-9-13(16)18-2/h3-9H,1-2H3. The van der Waals surface area contributed by atoms with Gasteiger partial charge < -0.3 is 9.47 Å². The summed E-state index contributed by atoms with van der Waals surface area (Å²) in [4.78, 5) is 15.5. The van der Waals surface area contributed by atoms with Crippen LogP contribution in [0.3, 0.4) is 0 Å². The highest BCUT2D eigenvalue weighted by Crippen LogP contribution is 2.21. The van der Waals surface area contributed by atoms with Crippen LogP contribution in [-0.2, 0) is 9.53 Å². The molecule has 0 aliphatic carbocycles. The molecule has 0 bridgehead atoms. The molecule has 0 saturated carbocycles. The highest BCUT2D eigenvalue weighted by atomic mass is 16.5. The molecule has 1 aromatic heterocycles. The Balaban J connectivity index is 2.49. The van der Waals surface area contributed by atoms with Gasteiger partial charge in [-0.05, 0) is 12.1 Å². The number of nitrogens with zero attached hydrogens (tertiary/aromatic N) is 1. The Labute approximate surface area is 105 Å². The number of aromatic nitrogens is 1. The number of methoxy groups -OCH3 is 2. The summed E-state index contributed by atoms with van der Waals surface area (Å²) in [7, 11) is 2.91. The Kier molecular flexibility index (Phi) is 3.57. The number of benzene rings is 1. The van der Waals surface area contributed by atoms with Crippen LogP contribution in [0.25, 0.3) is 17.0 Å². The molecule has 0 spiro atoms. The van der Waals surface area contributed by atoms with Crippen molar-refractivity contribution in [2.24, 2.45) is 0 Å². The average molecular weight is 243 g/mol. The van der Waals surface area contributed by atoms with Gasteiger partial charge in [0.25, 0.3) is 0 Å². The van der Waals surface area contributed by atoms with Crippen molar-refractivity contribution < 1.29 is 14.3 Å². The van der Waals surface area contributed by atoms with E-state index in [2.05, 4.69) is 9.72 Å². The predicted molar refractivity (Wildman–Crippen MR) is 69.3 cm³/mol. The maximum Gasteiger partial charge on any atom is 0.330 e. The lowest BCUT2D eigenvalue weighted by Crippen LogP contribution is -1.94. The summed E-state index contributed by atoms with van der Waals surface area (Å²) in [5, 5.41) is 0.989. The molecular weight excluding hydrogens is 230 g/mol. The van der Waals surface area contributed by atoms with E-state index in [0.717, 1.165) is 16.5 Å². The first-order valence-corrected chi connectivity index (χ1v) is 5.44. The summed E-state index contributed by atoms with van der Waals surface area (Å²) in [6.07, 6.45) is 3.05. The summed E-state index contributed by atoms with van der Waals surface area (Å²) in [6, 6.07) is 9.48. The molecule has 1 aromatic carbocycles. The van der Waals surface area contributed by atoms with Gasteiger partial charge in [-0.1, -0.05) is 18.2 Å². The number of carbonyl (C=O) groups excluding carboxylic acids is 1. The predicted octanol–water partition coefficient (Wildman–Crippen LogP) is 2.43. The Morgan fingerprint density at radius 1 is 1.22 bits per heavy atom. The van der Waals surface area contributed by atoms with Crippen molar-refractivity contribution in [3.63, 3.8) is 0 Å². The zero-order chi connectivity index (χ0) is 13.0. The number of rotatable bonds is 3. The molecule has 0 unspecified atom stereocenters. The first kappa shape index (κ1) is 12.1. The summed E-state index contributed by atoms with van der Waals surface area (Å²) < 4.78 is 9.66. The van der Waals surface area contributed by atoms with Crippen LogP contribution < -0.4 is 4.74 Å². The Hall–Kier alpha value is -2.36. The molecule has 0 radical (unpaired) electrons. The third kappa shape index (κ3) is 2.48. The monoisotopic (exact) mass is 243 g/mol. The Bertz CT molecular complexity index is 605. The van der Waals surface area contributed by atoms with Crippen molar-refractivity contribution in [2.45, 2.75) is 0 Å². The van der Waals surface area contributed by atoms with Gasteiger partial charge in [-0.3, -0.25) is 0 Å². The maximum atomic E-state index is 11.1. The highest BCUT2D eigenvalue weighted by molar-refractivity contribution is 5.93. The van der Waals surface area contributed by atoms with E-state index in [-0.39, 0.29) is 0 Å². The quantitative estimate of drug-likeness (QED) is 0.613. The van der Waals surface area contributed by atoms with Crippen LogP contribution in [-0.4, -0.2) is 25.2 Å². The smallest absolute Gasteiger partial charge is 0.330 e. The van der Waals surface area contributed by atoms with E-state index in [1.54, 1.807) is 19.3 Å². The molecule has 4 nitrogen and oxygen atoms in total. The second-order valence-corrected chi connectivity index (χ2v) is 3.63. The first-order valence-electron chi connectivity index (χ1n) is 5.44. The molecule has 2 rings (SSSR count). The molecule has 0 aliphatic heterocycles. The van der Waals surface area contributed by atoms with Gasteiger partial charge in [-0.2, -0.15) is 0 Å². The normalized spacial score (nSPS) is 10.8. The van der Waals surface area contributed by atoms with E-state index in [4.69, 9.17) is 4.74 Å². The molecule has 0 amide bonds. The minimum atomic E-state index is -0.394. The van der Waals surface area contributed by atoms with Gasteiger partial charge in [0.1, 0.15) is 0 Å². The Morgan fingerprint density at radius 2 is 2.06 bits per heavy atom. The maximum absolute atomic E-state index is 11.1. The molecular formula is C14H13NO3. The van der Waals surface area contributed by atoms with Crippen molar-refractivity contribution in [1.29, 1.82) is 0 Å². The number of esters is 1. The summed E-state index contributed by atoms with van der Waals surface area (Å²) in [5.74, 6) is 0.149. The lowest BCUT2D eigenvalue weighted by atomic mass is 10.1. The van der Waals surface area contributed by atoms with E-state index < -0.39 is 5.97 Å². The zero-order valence-electron chi connectivity index (χ0n) is 10.2. The molecule has 4 heteroatoms.